The number of aliphatic hydroxyl groups excluding tert-OH is 1. The highest BCUT2D eigenvalue weighted by Crippen LogP contribution is 2.39. The number of hydrogen-bond acceptors (Lipinski definition) is 14. The number of amides is 1. The third-order valence-corrected chi connectivity index (χ3v) is 12.5. The summed E-state index contributed by atoms with van der Waals surface area (Å²) in [6.45, 7) is 9.71. The Balaban J connectivity index is 1.17. The Hall–Kier alpha value is -4.17. The Bertz CT molecular complexity index is 2100. The second kappa shape index (κ2) is 23.0. The van der Waals surface area contributed by atoms with Gasteiger partial charge in [0.25, 0.3) is 0 Å². The van der Waals surface area contributed by atoms with Gasteiger partial charge in [0.05, 0.1) is 45.2 Å². The molecule has 1 amide bonds. The lowest BCUT2D eigenvalue weighted by Gasteiger charge is -2.52. The SMILES string of the molecule is CO[C@@H]1O[C@@H](C)[C@H](OCc2ccccc2)[C@@H](OCc2ccccc2)[C@H]1O[C@@H]1O[C@@H](C)[C@H](OCc2ccccc2)[C@@H](OCc2ccccc2)[C@H]1O[C@@H]1O[C@@H]2COC(C)(C)O[C@H]2[C@H](O)[C@H]1NC(C)=O. The van der Waals surface area contributed by atoms with E-state index in [0.717, 1.165) is 22.3 Å². The number of hydrogen-bond donors (Lipinski definition) is 2. The Kier molecular flexibility index (Phi) is 16.9. The first kappa shape index (κ1) is 49.3. The van der Waals surface area contributed by atoms with E-state index >= 15 is 0 Å². The van der Waals surface area contributed by atoms with Crippen molar-refractivity contribution in [2.24, 2.45) is 0 Å². The first-order valence-electron chi connectivity index (χ1n) is 23.2. The van der Waals surface area contributed by atoms with Crippen LogP contribution in [0.2, 0.25) is 0 Å². The minimum Gasteiger partial charge on any atom is -0.388 e. The van der Waals surface area contributed by atoms with Crippen molar-refractivity contribution in [1.29, 1.82) is 0 Å². The van der Waals surface area contributed by atoms with Gasteiger partial charge in [0.15, 0.2) is 24.7 Å². The summed E-state index contributed by atoms with van der Waals surface area (Å²) in [6.07, 6.45) is -12.6. The summed E-state index contributed by atoms with van der Waals surface area (Å²) in [6, 6.07) is 38.2. The van der Waals surface area contributed by atoms with Crippen molar-refractivity contribution < 1.29 is 66.7 Å². The summed E-state index contributed by atoms with van der Waals surface area (Å²) in [7, 11) is 1.55. The molecule has 4 saturated heterocycles. The molecule has 4 aliphatic heterocycles. The van der Waals surface area contributed by atoms with E-state index in [1.54, 1.807) is 21.0 Å². The number of aliphatic hydroxyl groups is 1. The van der Waals surface area contributed by atoms with Crippen LogP contribution in [0.5, 0.6) is 0 Å². The van der Waals surface area contributed by atoms with E-state index in [9.17, 15) is 9.90 Å². The predicted molar refractivity (Wildman–Crippen MR) is 243 cm³/mol. The van der Waals surface area contributed by atoms with Gasteiger partial charge in [-0.1, -0.05) is 121 Å². The van der Waals surface area contributed by atoms with Crippen LogP contribution in [0.25, 0.3) is 0 Å². The van der Waals surface area contributed by atoms with Crippen molar-refractivity contribution in [3.63, 3.8) is 0 Å². The molecule has 15 nitrogen and oxygen atoms in total. The van der Waals surface area contributed by atoms with Gasteiger partial charge >= 0.3 is 0 Å². The molecule has 362 valence electrons. The van der Waals surface area contributed by atoms with Crippen LogP contribution in [0.3, 0.4) is 0 Å². The van der Waals surface area contributed by atoms with E-state index in [-0.39, 0.29) is 33.0 Å². The summed E-state index contributed by atoms with van der Waals surface area (Å²) in [5.41, 5.74) is 3.77. The van der Waals surface area contributed by atoms with Crippen molar-refractivity contribution in [2.75, 3.05) is 13.7 Å². The van der Waals surface area contributed by atoms with Crippen LogP contribution in [0.4, 0.5) is 0 Å². The Morgan fingerprint density at radius 3 is 1.43 bits per heavy atom. The smallest absolute Gasteiger partial charge is 0.217 e. The van der Waals surface area contributed by atoms with Gasteiger partial charge in [0.1, 0.15) is 61.0 Å². The molecule has 0 aliphatic carbocycles. The van der Waals surface area contributed by atoms with Gasteiger partial charge in [-0.3, -0.25) is 4.79 Å². The van der Waals surface area contributed by atoms with E-state index in [0.29, 0.717) is 0 Å². The van der Waals surface area contributed by atoms with Gasteiger partial charge in [-0.2, -0.15) is 0 Å². The molecule has 2 N–H and O–H groups in total. The first-order valence-corrected chi connectivity index (χ1v) is 23.2. The fraction of sp³-hybridized carbons (Fsp3) is 0.519. The fourth-order valence-electron chi connectivity index (χ4n) is 9.10. The van der Waals surface area contributed by atoms with E-state index in [2.05, 4.69) is 5.32 Å². The number of carbonyl (C=O) groups is 1. The zero-order valence-corrected chi connectivity index (χ0v) is 39.0. The van der Waals surface area contributed by atoms with Crippen LogP contribution >= 0.6 is 0 Å². The Morgan fingerprint density at radius 2 is 1.00 bits per heavy atom. The summed E-state index contributed by atoms with van der Waals surface area (Å²) in [5, 5.41) is 14.9. The van der Waals surface area contributed by atoms with Crippen molar-refractivity contribution in [2.45, 2.75) is 159 Å². The summed E-state index contributed by atoms with van der Waals surface area (Å²) < 4.78 is 79.7. The molecule has 4 fully saturated rings. The van der Waals surface area contributed by atoms with E-state index in [1.807, 2.05) is 135 Å². The van der Waals surface area contributed by atoms with Crippen LogP contribution in [-0.4, -0.2) is 123 Å². The summed E-state index contributed by atoms with van der Waals surface area (Å²) >= 11 is 0. The normalized spacial score (nSPS) is 33.9. The lowest BCUT2D eigenvalue weighted by atomic mass is 9.94. The molecule has 0 spiro atoms. The predicted octanol–water partition coefficient (Wildman–Crippen LogP) is 5.98. The molecule has 67 heavy (non-hydrogen) atoms. The van der Waals surface area contributed by atoms with E-state index < -0.39 is 104 Å². The largest absolute Gasteiger partial charge is 0.388 e. The highest BCUT2D eigenvalue weighted by molar-refractivity contribution is 5.73. The topological polar surface area (TPSA) is 160 Å². The Labute approximate surface area is 393 Å². The molecule has 4 heterocycles. The summed E-state index contributed by atoms with van der Waals surface area (Å²) in [4.78, 5) is 12.9. The standard InChI is InChI=1S/C52H65NO14/c1-32-42(57-27-35-19-11-7-12-20-35)45(59-29-37-23-15-9-16-24-37)47(50(56-6)62-32)66-51-48(65-49-40(53-34(3)54)41(55)44-39(64-49)31-61-52(4,5)67-44)46(60-30-38-25-17-10-18-26-38)43(33(2)63-51)58-28-36-21-13-8-14-22-36/h7-26,32-33,39-51,55H,27-31H2,1-6H3,(H,53,54)/t32-,33-,39+,40+,41+,42-,43-,44+,45+,46+,47+,48+,49-,50+,51-/m0/s1. The zero-order valence-electron chi connectivity index (χ0n) is 39.0. The molecule has 0 radical (unpaired) electrons. The van der Waals surface area contributed by atoms with Crippen molar-refractivity contribution >= 4 is 5.91 Å². The van der Waals surface area contributed by atoms with Crippen LogP contribution in [0.15, 0.2) is 121 Å². The third kappa shape index (κ3) is 12.5. The van der Waals surface area contributed by atoms with Crippen molar-refractivity contribution in [3.8, 4) is 0 Å². The number of nitrogens with one attached hydrogen (secondary N) is 1. The number of benzene rings is 4. The molecule has 15 atom stereocenters. The maximum Gasteiger partial charge on any atom is 0.217 e. The van der Waals surface area contributed by atoms with Crippen LogP contribution in [-0.2, 0) is 88.1 Å². The van der Waals surface area contributed by atoms with Gasteiger partial charge in [-0.05, 0) is 49.9 Å². The van der Waals surface area contributed by atoms with Gasteiger partial charge in [0.2, 0.25) is 5.91 Å². The first-order chi connectivity index (χ1) is 32.5. The molecular weight excluding hydrogens is 863 g/mol. The quantitative estimate of drug-likeness (QED) is 0.120. The number of ether oxygens (including phenoxy) is 12. The molecule has 4 aliphatic rings. The number of rotatable bonds is 18. The lowest BCUT2D eigenvalue weighted by Crippen LogP contribution is -2.70. The molecule has 4 aromatic rings. The van der Waals surface area contributed by atoms with Crippen molar-refractivity contribution in [1.82, 2.24) is 5.32 Å². The van der Waals surface area contributed by atoms with Crippen LogP contribution in [0.1, 0.15) is 56.9 Å². The molecule has 8 rings (SSSR count). The fourth-order valence-corrected chi connectivity index (χ4v) is 9.10. The van der Waals surface area contributed by atoms with Crippen molar-refractivity contribution in [3.05, 3.63) is 144 Å². The average Bonchev–Trinajstić information content (AvgIpc) is 3.33. The molecular formula is C52H65NO14. The molecule has 4 aromatic carbocycles. The molecule has 0 unspecified atom stereocenters. The average molecular weight is 928 g/mol. The number of carbonyl (C=O) groups excluding carboxylic acids is 1. The highest BCUT2D eigenvalue weighted by Gasteiger charge is 2.57. The van der Waals surface area contributed by atoms with Crippen LogP contribution in [0, 0.1) is 0 Å². The molecule has 0 saturated carbocycles. The van der Waals surface area contributed by atoms with Gasteiger partial charge in [-0.15, -0.1) is 0 Å². The van der Waals surface area contributed by atoms with E-state index in [1.165, 1.54) is 6.92 Å². The van der Waals surface area contributed by atoms with Gasteiger partial charge < -0.3 is 67.3 Å². The second-order valence-electron chi connectivity index (χ2n) is 18.0. The highest BCUT2D eigenvalue weighted by atomic mass is 16.8. The minimum atomic E-state index is -1.29. The van der Waals surface area contributed by atoms with Crippen LogP contribution < -0.4 is 5.32 Å². The maximum atomic E-state index is 12.9. The zero-order chi connectivity index (χ0) is 46.9. The monoisotopic (exact) mass is 927 g/mol. The molecule has 0 bridgehead atoms. The minimum absolute atomic E-state index is 0.0914. The third-order valence-electron chi connectivity index (χ3n) is 12.5. The van der Waals surface area contributed by atoms with Gasteiger partial charge in [0, 0.05) is 14.0 Å². The Morgan fingerprint density at radius 1 is 0.597 bits per heavy atom. The lowest BCUT2D eigenvalue weighted by molar-refractivity contribution is -0.405. The molecule has 15 heteroatoms. The molecule has 0 aromatic heterocycles. The van der Waals surface area contributed by atoms with E-state index in [4.69, 9.17) is 56.8 Å². The second-order valence-corrected chi connectivity index (χ2v) is 18.0. The number of methoxy groups -OCH3 is 1. The maximum absolute atomic E-state index is 12.9. The number of fused-ring (bicyclic) bond motifs is 1. The summed E-state index contributed by atoms with van der Waals surface area (Å²) in [5.74, 6) is -1.42. The van der Waals surface area contributed by atoms with Gasteiger partial charge in [-0.25, -0.2) is 0 Å².